The Morgan fingerprint density at radius 2 is 1.96 bits per heavy atom. The monoisotopic (exact) mass is 386 g/mol. The van der Waals surface area contributed by atoms with E-state index in [2.05, 4.69) is 15.5 Å². The summed E-state index contributed by atoms with van der Waals surface area (Å²) in [4.78, 5) is 12.5. The number of anilines is 1. The summed E-state index contributed by atoms with van der Waals surface area (Å²) in [5, 5.41) is 11.4. The van der Waals surface area contributed by atoms with Crippen LogP contribution in [0.5, 0.6) is 5.75 Å². The van der Waals surface area contributed by atoms with Gasteiger partial charge in [0.15, 0.2) is 11.0 Å². The van der Waals surface area contributed by atoms with Gasteiger partial charge in [0.25, 0.3) is 0 Å². The average molecular weight is 386 g/mol. The topological polar surface area (TPSA) is 69.0 Å². The van der Waals surface area contributed by atoms with Gasteiger partial charge in [0.1, 0.15) is 11.6 Å². The van der Waals surface area contributed by atoms with Crippen LogP contribution < -0.4 is 10.1 Å². The van der Waals surface area contributed by atoms with Gasteiger partial charge in [-0.05, 0) is 43.3 Å². The molecule has 0 spiro atoms. The minimum Gasteiger partial charge on any atom is -0.497 e. The van der Waals surface area contributed by atoms with E-state index in [1.165, 1.54) is 23.9 Å². The fraction of sp³-hybridized carbons (Fsp3) is 0.211. The molecule has 0 saturated heterocycles. The SMILES string of the molecule is COc1cccc(NC(=O)[C@H](C)Sc2nnc(-c3ccc(F)cc3)n2C)c1. The van der Waals surface area contributed by atoms with E-state index in [0.717, 1.165) is 5.56 Å². The predicted molar refractivity (Wildman–Crippen MR) is 103 cm³/mol. The summed E-state index contributed by atoms with van der Waals surface area (Å²) in [5.41, 5.74) is 1.42. The molecule has 1 aromatic heterocycles. The molecule has 3 rings (SSSR count). The lowest BCUT2D eigenvalue weighted by Crippen LogP contribution is -2.22. The number of aromatic nitrogens is 3. The number of amides is 1. The van der Waals surface area contributed by atoms with E-state index in [1.54, 1.807) is 42.9 Å². The molecule has 1 N–H and O–H groups in total. The van der Waals surface area contributed by atoms with Crippen LogP contribution in [0.4, 0.5) is 10.1 Å². The summed E-state index contributed by atoms with van der Waals surface area (Å²) in [6, 6.07) is 13.2. The summed E-state index contributed by atoms with van der Waals surface area (Å²) < 4.78 is 20.0. The number of carbonyl (C=O) groups is 1. The quantitative estimate of drug-likeness (QED) is 0.654. The first-order valence-corrected chi connectivity index (χ1v) is 9.13. The first-order chi connectivity index (χ1) is 13.0. The molecule has 8 heteroatoms. The molecule has 1 atom stereocenters. The van der Waals surface area contributed by atoms with Gasteiger partial charge in [0.05, 0.1) is 12.4 Å². The van der Waals surface area contributed by atoms with E-state index in [-0.39, 0.29) is 17.0 Å². The molecule has 0 fully saturated rings. The highest BCUT2D eigenvalue weighted by Crippen LogP contribution is 2.26. The molecular formula is C19H19FN4O2S. The van der Waals surface area contributed by atoms with Gasteiger partial charge in [-0.25, -0.2) is 4.39 Å². The number of hydrogen-bond donors (Lipinski definition) is 1. The highest BCUT2D eigenvalue weighted by Gasteiger charge is 2.19. The number of rotatable bonds is 6. The van der Waals surface area contributed by atoms with E-state index in [9.17, 15) is 9.18 Å². The van der Waals surface area contributed by atoms with Crippen LogP contribution in [0.3, 0.4) is 0 Å². The van der Waals surface area contributed by atoms with Crippen LogP contribution in [-0.4, -0.2) is 33.0 Å². The number of ether oxygens (including phenoxy) is 1. The van der Waals surface area contributed by atoms with E-state index in [0.29, 0.717) is 22.4 Å². The van der Waals surface area contributed by atoms with Crippen LogP contribution in [-0.2, 0) is 11.8 Å². The molecule has 6 nitrogen and oxygen atoms in total. The Balaban J connectivity index is 1.69. The third-order valence-corrected chi connectivity index (χ3v) is 5.06. The maximum atomic E-state index is 13.1. The molecule has 0 aliphatic heterocycles. The smallest absolute Gasteiger partial charge is 0.237 e. The van der Waals surface area contributed by atoms with Gasteiger partial charge >= 0.3 is 0 Å². The van der Waals surface area contributed by atoms with Crippen molar-refractivity contribution < 1.29 is 13.9 Å². The number of nitrogens with zero attached hydrogens (tertiary/aromatic N) is 3. The second-order valence-corrected chi connectivity index (χ2v) is 7.16. The zero-order valence-electron chi connectivity index (χ0n) is 15.1. The van der Waals surface area contributed by atoms with Crippen LogP contribution in [0.15, 0.2) is 53.7 Å². The molecule has 2 aromatic carbocycles. The maximum absolute atomic E-state index is 13.1. The van der Waals surface area contributed by atoms with Gasteiger partial charge in [0, 0.05) is 24.4 Å². The molecule has 0 saturated carbocycles. The van der Waals surface area contributed by atoms with Crippen molar-refractivity contribution in [1.82, 2.24) is 14.8 Å². The molecule has 0 aliphatic rings. The highest BCUT2D eigenvalue weighted by atomic mass is 32.2. The lowest BCUT2D eigenvalue weighted by molar-refractivity contribution is -0.115. The van der Waals surface area contributed by atoms with Gasteiger partial charge in [-0.1, -0.05) is 17.8 Å². The number of nitrogens with one attached hydrogen (secondary N) is 1. The molecule has 27 heavy (non-hydrogen) atoms. The number of hydrogen-bond acceptors (Lipinski definition) is 5. The molecule has 0 bridgehead atoms. The lowest BCUT2D eigenvalue weighted by atomic mass is 10.2. The Kier molecular flexibility index (Phi) is 5.75. The number of thioether (sulfide) groups is 1. The minimum atomic E-state index is -0.389. The zero-order valence-corrected chi connectivity index (χ0v) is 16.0. The number of benzene rings is 2. The molecular weight excluding hydrogens is 367 g/mol. The van der Waals surface area contributed by atoms with Crippen LogP contribution in [0.1, 0.15) is 6.92 Å². The number of carbonyl (C=O) groups excluding carboxylic acids is 1. The van der Waals surface area contributed by atoms with Crippen molar-refractivity contribution in [3.63, 3.8) is 0 Å². The van der Waals surface area contributed by atoms with Crippen molar-refractivity contribution in [2.45, 2.75) is 17.3 Å². The van der Waals surface area contributed by atoms with E-state index in [1.807, 2.05) is 19.2 Å². The highest BCUT2D eigenvalue weighted by molar-refractivity contribution is 8.00. The van der Waals surface area contributed by atoms with Crippen molar-refractivity contribution in [2.24, 2.45) is 7.05 Å². The summed E-state index contributed by atoms with van der Waals surface area (Å²) in [6.07, 6.45) is 0. The Bertz CT molecular complexity index is 943. The van der Waals surface area contributed by atoms with Gasteiger partial charge in [0.2, 0.25) is 5.91 Å². The summed E-state index contributed by atoms with van der Waals surface area (Å²) in [6.45, 7) is 1.80. The van der Waals surface area contributed by atoms with Gasteiger partial charge in [-0.3, -0.25) is 4.79 Å². The standard InChI is InChI=1S/C19H19FN4O2S/c1-12(18(25)21-15-5-4-6-16(11-15)26-3)27-19-23-22-17(24(19)2)13-7-9-14(20)10-8-13/h4-12H,1-3H3,(H,21,25)/t12-/m0/s1. The molecule has 3 aromatic rings. The normalized spacial score (nSPS) is 11.9. The van der Waals surface area contributed by atoms with E-state index in [4.69, 9.17) is 4.74 Å². The predicted octanol–water partition coefficient (Wildman–Crippen LogP) is 3.75. The molecule has 0 radical (unpaired) electrons. The van der Waals surface area contributed by atoms with Crippen LogP contribution >= 0.6 is 11.8 Å². The third kappa shape index (κ3) is 4.46. The fourth-order valence-electron chi connectivity index (χ4n) is 2.42. The largest absolute Gasteiger partial charge is 0.497 e. The van der Waals surface area contributed by atoms with Crippen LogP contribution in [0.25, 0.3) is 11.4 Å². The molecule has 140 valence electrons. The Morgan fingerprint density at radius 3 is 2.67 bits per heavy atom. The Labute approximate surface area is 160 Å². The molecule has 0 unspecified atom stereocenters. The van der Waals surface area contributed by atoms with Gasteiger partial charge in [-0.15, -0.1) is 10.2 Å². The third-order valence-electron chi connectivity index (χ3n) is 3.93. The van der Waals surface area contributed by atoms with Crippen LogP contribution in [0.2, 0.25) is 0 Å². The Morgan fingerprint density at radius 1 is 1.22 bits per heavy atom. The average Bonchev–Trinajstić information content (AvgIpc) is 3.03. The van der Waals surface area contributed by atoms with Crippen molar-refractivity contribution in [2.75, 3.05) is 12.4 Å². The summed E-state index contributed by atoms with van der Waals surface area (Å²) >= 11 is 1.30. The Hall–Kier alpha value is -2.87. The van der Waals surface area contributed by atoms with Crippen molar-refractivity contribution in [1.29, 1.82) is 0 Å². The zero-order chi connectivity index (χ0) is 19.4. The van der Waals surface area contributed by atoms with Crippen molar-refractivity contribution >= 4 is 23.4 Å². The number of halogens is 1. The van der Waals surface area contributed by atoms with Crippen molar-refractivity contribution in [3.8, 4) is 17.1 Å². The van der Waals surface area contributed by atoms with Crippen molar-refractivity contribution in [3.05, 3.63) is 54.3 Å². The van der Waals surface area contributed by atoms with E-state index >= 15 is 0 Å². The molecule has 0 aliphatic carbocycles. The summed E-state index contributed by atoms with van der Waals surface area (Å²) in [7, 11) is 3.39. The fourth-order valence-corrected chi connectivity index (χ4v) is 3.24. The van der Waals surface area contributed by atoms with Gasteiger partial charge in [-0.2, -0.15) is 0 Å². The first kappa shape index (κ1) is 18.9. The second-order valence-electron chi connectivity index (χ2n) is 5.85. The second kappa shape index (κ2) is 8.22. The lowest BCUT2D eigenvalue weighted by Gasteiger charge is -2.12. The van der Waals surface area contributed by atoms with E-state index < -0.39 is 0 Å². The molecule has 1 amide bonds. The van der Waals surface area contributed by atoms with Gasteiger partial charge < -0.3 is 14.6 Å². The minimum absolute atomic E-state index is 0.153. The maximum Gasteiger partial charge on any atom is 0.237 e. The number of methoxy groups -OCH3 is 1. The molecule has 1 heterocycles. The first-order valence-electron chi connectivity index (χ1n) is 8.25. The van der Waals surface area contributed by atoms with Crippen LogP contribution in [0, 0.1) is 5.82 Å². The summed E-state index contributed by atoms with van der Waals surface area (Å²) in [5.74, 6) is 0.821.